The summed E-state index contributed by atoms with van der Waals surface area (Å²) in [6, 6.07) is 14.6. The highest BCUT2D eigenvalue weighted by atomic mass is 19.1. The van der Waals surface area contributed by atoms with Gasteiger partial charge < -0.3 is 15.3 Å². The lowest BCUT2D eigenvalue weighted by Gasteiger charge is -2.23. The van der Waals surface area contributed by atoms with Gasteiger partial charge in [-0.25, -0.2) is 4.39 Å². The Balaban J connectivity index is 1.39. The normalized spacial score (nSPS) is 16.7. The molecule has 0 fully saturated rings. The first kappa shape index (κ1) is 15.2. The van der Waals surface area contributed by atoms with E-state index < -0.39 is 0 Å². The Morgan fingerprint density at radius 2 is 1.96 bits per heavy atom. The number of halogens is 1. The lowest BCUT2D eigenvalue weighted by atomic mass is 9.91. The minimum atomic E-state index is -0.233. The Morgan fingerprint density at radius 3 is 2.85 bits per heavy atom. The fraction of sp³-hybridized carbons (Fsp3) is 0.190. The van der Waals surface area contributed by atoms with Crippen LogP contribution in [0.1, 0.15) is 28.2 Å². The predicted octanol–water partition coefficient (Wildman–Crippen LogP) is 4.08. The van der Waals surface area contributed by atoms with Crippen LogP contribution >= 0.6 is 0 Å². The van der Waals surface area contributed by atoms with Gasteiger partial charge in [-0.15, -0.1) is 0 Å². The van der Waals surface area contributed by atoms with E-state index in [1.165, 1.54) is 6.07 Å². The van der Waals surface area contributed by atoms with Crippen LogP contribution < -0.4 is 5.32 Å². The van der Waals surface area contributed by atoms with Crippen molar-refractivity contribution in [1.29, 1.82) is 0 Å². The second kappa shape index (κ2) is 5.73. The number of nitrogens with one attached hydrogen (secondary N) is 3. The molecule has 26 heavy (non-hydrogen) atoms. The molecule has 2 aromatic carbocycles. The molecule has 1 amide bonds. The number of amides is 1. The van der Waals surface area contributed by atoms with E-state index in [0.29, 0.717) is 12.1 Å². The first-order valence-corrected chi connectivity index (χ1v) is 8.85. The monoisotopic (exact) mass is 347 g/mol. The number of aryl methyl sites for hydroxylation is 1. The number of benzene rings is 2. The number of rotatable bonds is 2. The number of carbonyl (C=O) groups is 1. The molecule has 5 rings (SSSR count). The molecular formula is C21H18FN3O. The van der Waals surface area contributed by atoms with E-state index in [4.69, 9.17) is 0 Å². The van der Waals surface area contributed by atoms with E-state index >= 15 is 0 Å². The van der Waals surface area contributed by atoms with Crippen molar-refractivity contribution < 1.29 is 9.18 Å². The molecule has 5 heteroatoms. The average Bonchev–Trinajstić information content (AvgIpc) is 3.23. The lowest BCUT2D eigenvalue weighted by molar-refractivity contribution is 0.0929. The summed E-state index contributed by atoms with van der Waals surface area (Å²) < 4.78 is 13.6. The SMILES string of the molecule is O=C(NC1CCc2[nH]c3ccc(F)cc3c2C1)c1cc2ccccc2[nH]1. The lowest BCUT2D eigenvalue weighted by Crippen LogP contribution is -2.38. The van der Waals surface area contributed by atoms with E-state index in [2.05, 4.69) is 15.3 Å². The summed E-state index contributed by atoms with van der Waals surface area (Å²) in [7, 11) is 0. The number of carbonyl (C=O) groups excluding carboxylic acids is 1. The third-order valence-electron chi connectivity index (χ3n) is 5.26. The van der Waals surface area contributed by atoms with Gasteiger partial charge in [-0.1, -0.05) is 18.2 Å². The second-order valence-corrected chi connectivity index (χ2v) is 6.96. The van der Waals surface area contributed by atoms with Crippen molar-refractivity contribution in [3.63, 3.8) is 0 Å². The van der Waals surface area contributed by atoms with Crippen LogP contribution in [0.2, 0.25) is 0 Å². The van der Waals surface area contributed by atoms with Crippen molar-refractivity contribution in [3.05, 3.63) is 71.3 Å². The van der Waals surface area contributed by atoms with Gasteiger partial charge in [0.25, 0.3) is 5.91 Å². The number of H-pyrrole nitrogens is 2. The smallest absolute Gasteiger partial charge is 0.267 e. The maximum Gasteiger partial charge on any atom is 0.267 e. The number of aromatic amines is 2. The summed E-state index contributed by atoms with van der Waals surface area (Å²) in [4.78, 5) is 19.2. The molecule has 1 unspecified atom stereocenters. The maximum absolute atomic E-state index is 13.6. The molecule has 0 radical (unpaired) electrons. The summed E-state index contributed by atoms with van der Waals surface area (Å²) in [6.45, 7) is 0. The standard InChI is InChI=1S/C21H18FN3O/c22-13-5-7-18-15(10-13)16-11-14(6-8-19(16)25-18)23-21(26)20-9-12-3-1-2-4-17(12)24-20/h1-5,7,9-10,14,24-25H,6,8,11H2,(H,23,26). The van der Waals surface area contributed by atoms with Crippen LogP contribution in [-0.2, 0) is 12.8 Å². The van der Waals surface area contributed by atoms with Crippen LogP contribution in [0, 0.1) is 5.82 Å². The molecule has 0 spiro atoms. The zero-order valence-electron chi connectivity index (χ0n) is 14.1. The Hall–Kier alpha value is -3.08. The van der Waals surface area contributed by atoms with Crippen LogP contribution in [0.15, 0.2) is 48.5 Å². The molecule has 1 aliphatic carbocycles. The molecule has 4 nitrogen and oxygen atoms in total. The molecule has 3 N–H and O–H groups in total. The molecule has 1 atom stereocenters. The summed E-state index contributed by atoms with van der Waals surface area (Å²) in [5, 5.41) is 5.07. The van der Waals surface area contributed by atoms with Gasteiger partial charge in [0, 0.05) is 33.5 Å². The Kier molecular flexibility index (Phi) is 3.35. The molecule has 4 aromatic rings. The molecule has 0 saturated heterocycles. The van der Waals surface area contributed by atoms with Crippen molar-refractivity contribution in [2.75, 3.05) is 0 Å². The number of hydrogen-bond acceptors (Lipinski definition) is 1. The number of aromatic nitrogens is 2. The van der Waals surface area contributed by atoms with Gasteiger partial charge in [0.15, 0.2) is 0 Å². The van der Waals surface area contributed by atoms with Crippen molar-refractivity contribution in [3.8, 4) is 0 Å². The van der Waals surface area contributed by atoms with Gasteiger partial charge in [-0.2, -0.15) is 0 Å². The van der Waals surface area contributed by atoms with Crippen LogP contribution in [0.25, 0.3) is 21.8 Å². The fourth-order valence-corrected chi connectivity index (χ4v) is 3.97. The van der Waals surface area contributed by atoms with Crippen LogP contribution in [0.4, 0.5) is 4.39 Å². The third kappa shape index (κ3) is 2.47. The van der Waals surface area contributed by atoms with Gasteiger partial charge in [0.05, 0.1) is 0 Å². The fourth-order valence-electron chi connectivity index (χ4n) is 3.97. The van der Waals surface area contributed by atoms with Crippen molar-refractivity contribution in [1.82, 2.24) is 15.3 Å². The number of hydrogen-bond donors (Lipinski definition) is 3. The molecular weight excluding hydrogens is 329 g/mol. The van der Waals surface area contributed by atoms with E-state index in [1.807, 2.05) is 30.3 Å². The number of fused-ring (bicyclic) bond motifs is 4. The Bertz CT molecular complexity index is 1110. The summed E-state index contributed by atoms with van der Waals surface area (Å²) in [5.74, 6) is -0.329. The summed E-state index contributed by atoms with van der Waals surface area (Å²) >= 11 is 0. The van der Waals surface area contributed by atoms with Crippen molar-refractivity contribution >= 4 is 27.7 Å². The minimum Gasteiger partial charge on any atom is -0.358 e. The van der Waals surface area contributed by atoms with Gasteiger partial charge in [0.1, 0.15) is 11.5 Å². The molecule has 0 saturated carbocycles. The first-order chi connectivity index (χ1) is 12.7. The Morgan fingerprint density at radius 1 is 1.08 bits per heavy atom. The van der Waals surface area contributed by atoms with E-state index in [-0.39, 0.29) is 17.8 Å². The molecule has 2 heterocycles. The van der Waals surface area contributed by atoms with Gasteiger partial charge >= 0.3 is 0 Å². The number of para-hydroxylation sites is 1. The predicted molar refractivity (Wildman–Crippen MR) is 99.8 cm³/mol. The average molecular weight is 347 g/mol. The molecule has 0 bridgehead atoms. The van der Waals surface area contributed by atoms with Crippen molar-refractivity contribution in [2.24, 2.45) is 0 Å². The third-order valence-corrected chi connectivity index (χ3v) is 5.26. The molecule has 130 valence electrons. The molecule has 2 aromatic heterocycles. The summed E-state index contributed by atoms with van der Waals surface area (Å²) in [5.41, 5.74) is 4.76. The van der Waals surface area contributed by atoms with E-state index in [1.54, 1.807) is 12.1 Å². The van der Waals surface area contributed by atoms with Crippen LogP contribution in [0.5, 0.6) is 0 Å². The highest BCUT2D eigenvalue weighted by molar-refractivity contribution is 5.98. The molecule has 0 aliphatic heterocycles. The zero-order valence-corrected chi connectivity index (χ0v) is 14.1. The second-order valence-electron chi connectivity index (χ2n) is 6.96. The maximum atomic E-state index is 13.6. The zero-order chi connectivity index (χ0) is 17.7. The van der Waals surface area contributed by atoms with E-state index in [9.17, 15) is 9.18 Å². The Labute approximate surface area is 149 Å². The van der Waals surface area contributed by atoms with Crippen LogP contribution in [0.3, 0.4) is 0 Å². The highest BCUT2D eigenvalue weighted by Crippen LogP contribution is 2.30. The van der Waals surface area contributed by atoms with Crippen molar-refractivity contribution in [2.45, 2.75) is 25.3 Å². The highest BCUT2D eigenvalue weighted by Gasteiger charge is 2.24. The quantitative estimate of drug-likeness (QED) is 0.503. The van der Waals surface area contributed by atoms with Gasteiger partial charge in [0.2, 0.25) is 0 Å². The largest absolute Gasteiger partial charge is 0.358 e. The minimum absolute atomic E-state index is 0.0451. The first-order valence-electron chi connectivity index (χ1n) is 8.85. The van der Waals surface area contributed by atoms with Gasteiger partial charge in [-0.3, -0.25) is 4.79 Å². The van der Waals surface area contributed by atoms with Crippen LogP contribution in [-0.4, -0.2) is 21.9 Å². The topological polar surface area (TPSA) is 60.7 Å². The molecule has 1 aliphatic rings. The van der Waals surface area contributed by atoms with Gasteiger partial charge in [-0.05, 0) is 55.2 Å². The van der Waals surface area contributed by atoms with E-state index in [0.717, 1.165) is 45.9 Å². The summed E-state index contributed by atoms with van der Waals surface area (Å²) in [6.07, 6.45) is 2.43.